The zero-order valence-electron chi connectivity index (χ0n) is 16.9. The van der Waals surface area contributed by atoms with Crippen LogP contribution in [0.5, 0.6) is 0 Å². The summed E-state index contributed by atoms with van der Waals surface area (Å²) < 4.78 is 32.5. The van der Waals surface area contributed by atoms with Gasteiger partial charge in [-0.3, -0.25) is 14.5 Å². The number of ether oxygens (including phenoxy) is 1. The van der Waals surface area contributed by atoms with Gasteiger partial charge < -0.3 is 9.64 Å². The Morgan fingerprint density at radius 1 is 1.00 bits per heavy atom. The van der Waals surface area contributed by atoms with Crippen molar-refractivity contribution in [2.24, 2.45) is 0 Å². The van der Waals surface area contributed by atoms with Crippen molar-refractivity contribution in [3.63, 3.8) is 0 Å². The first kappa shape index (κ1) is 20.5. The number of likely N-dealkylation sites (N-methyl/N-ethyl adjacent to an activating group) is 1. The fourth-order valence-electron chi connectivity index (χ4n) is 4.36. The van der Waals surface area contributed by atoms with Crippen LogP contribution in [0.15, 0.2) is 53.4 Å². The number of hydrogen-bond acceptors (Lipinski definition) is 6. The van der Waals surface area contributed by atoms with Crippen LogP contribution in [0.2, 0.25) is 0 Å². The van der Waals surface area contributed by atoms with E-state index in [0.29, 0.717) is 32.0 Å². The smallest absolute Gasteiger partial charge is 0.268 e. The van der Waals surface area contributed by atoms with Crippen molar-refractivity contribution in [2.75, 3.05) is 48.9 Å². The van der Waals surface area contributed by atoms with Gasteiger partial charge >= 0.3 is 0 Å². The van der Waals surface area contributed by atoms with Crippen molar-refractivity contribution in [1.29, 1.82) is 0 Å². The van der Waals surface area contributed by atoms with Gasteiger partial charge in [0.1, 0.15) is 0 Å². The normalized spacial score (nSPS) is 24.3. The van der Waals surface area contributed by atoms with Gasteiger partial charge in [0.15, 0.2) is 0 Å². The van der Waals surface area contributed by atoms with Crippen molar-refractivity contribution in [3.8, 4) is 0 Å². The summed E-state index contributed by atoms with van der Waals surface area (Å²) in [5.41, 5.74) is 2.03. The fraction of sp³-hybridized carbons (Fsp3) is 0.333. The third kappa shape index (κ3) is 2.93. The first-order chi connectivity index (χ1) is 14.9. The van der Waals surface area contributed by atoms with Crippen molar-refractivity contribution in [3.05, 3.63) is 54.1 Å². The quantitative estimate of drug-likeness (QED) is 0.693. The maximum Gasteiger partial charge on any atom is 0.268 e. The van der Waals surface area contributed by atoms with Gasteiger partial charge in [0.25, 0.3) is 5.91 Å². The minimum absolute atomic E-state index is 0.154. The fourth-order valence-corrected chi connectivity index (χ4v) is 7.15. The van der Waals surface area contributed by atoms with E-state index in [1.54, 1.807) is 24.1 Å². The van der Waals surface area contributed by atoms with E-state index in [1.165, 1.54) is 33.1 Å². The highest BCUT2D eigenvalue weighted by molar-refractivity contribution is 8.02. The zero-order chi connectivity index (χ0) is 21.8. The van der Waals surface area contributed by atoms with Crippen LogP contribution in [-0.2, 0) is 29.2 Å². The molecule has 3 aliphatic heterocycles. The number of rotatable bonds is 3. The lowest BCUT2D eigenvalue weighted by Gasteiger charge is -2.33. The minimum Gasteiger partial charge on any atom is -0.379 e. The summed E-state index contributed by atoms with van der Waals surface area (Å²) in [5.74, 6) is -0.205. The molecule has 0 bridgehead atoms. The molecule has 0 saturated carbocycles. The standard InChI is InChI=1S/C21H21N3O5S2/c1-22-18-5-3-2-4-17(18)21(20(22)26)24(19(25)14-30-21)15-6-8-16(9-7-15)31(27,28)23-10-12-29-13-11-23/h2-9H,10-14H2,1H3. The number of amides is 2. The first-order valence-electron chi connectivity index (χ1n) is 9.90. The average Bonchev–Trinajstić information content (AvgIpc) is 3.25. The van der Waals surface area contributed by atoms with Crippen molar-refractivity contribution < 1.29 is 22.7 Å². The molecule has 1 spiro atoms. The molecule has 0 aromatic heterocycles. The third-order valence-corrected chi connectivity index (χ3v) is 9.20. The Morgan fingerprint density at radius 2 is 1.68 bits per heavy atom. The van der Waals surface area contributed by atoms with Gasteiger partial charge in [0, 0.05) is 31.4 Å². The highest BCUT2D eigenvalue weighted by atomic mass is 32.2. The molecule has 2 saturated heterocycles. The van der Waals surface area contributed by atoms with Gasteiger partial charge in [0.2, 0.25) is 20.8 Å². The van der Waals surface area contributed by atoms with Crippen molar-refractivity contribution in [2.45, 2.75) is 9.77 Å². The number of nitrogens with zero attached hydrogens (tertiary/aromatic N) is 3. The maximum atomic E-state index is 13.3. The topological polar surface area (TPSA) is 87.2 Å². The van der Waals surface area contributed by atoms with Crippen molar-refractivity contribution >= 4 is 45.0 Å². The number of fused-ring (bicyclic) bond motifs is 2. The summed E-state index contributed by atoms with van der Waals surface area (Å²) in [6.45, 7) is 1.36. The van der Waals surface area contributed by atoms with E-state index in [1.807, 2.05) is 24.3 Å². The predicted molar refractivity (Wildman–Crippen MR) is 117 cm³/mol. The molecule has 2 aromatic rings. The SMILES string of the molecule is CN1C(=O)C2(SCC(=O)N2c2ccc(S(=O)(=O)N3CCOCC3)cc2)c2ccccc21. The summed E-state index contributed by atoms with van der Waals surface area (Å²) in [6, 6.07) is 13.7. The van der Waals surface area contributed by atoms with E-state index >= 15 is 0 Å². The second kappa shape index (κ2) is 7.33. The highest BCUT2D eigenvalue weighted by Gasteiger charge is 2.60. The second-order valence-corrected chi connectivity index (χ2v) is 10.7. The molecule has 31 heavy (non-hydrogen) atoms. The summed E-state index contributed by atoms with van der Waals surface area (Å²) in [5, 5.41) is 0. The van der Waals surface area contributed by atoms with Crippen LogP contribution in [0.4, 0.5) is 11.4 Å². The number of benzene rings is 2. The summed E-state index contributed by atoms with van der Waals surface area (Å²) in [4.78, 5) is 28.3. The molecule has 2 amide bonds. The van der Waals surface area contributed by atoms with Gasteiger partial charge in [-0.2, -0.15) is 4.31 Å². The molecule has 3 heterocycles. The summed E-state index contributed by atoms with van der Waals surface area (Å²) >= 11 is 1.30. The largest absolute Gasteiger partial charge is 0.379 e. The molecule has 5 rings (SSSR count). The van der Waals surface area contributed by atoms with Crippen LogP contribution in [0.1, 0.15) is 5.56 Å². The van der Waals surface area contributed by atoms with Gasteiger partial charge in [-0.1, -0.05) is 18.2 Å². The molecule has 10 heteroatoms. The number of hydrogen-bond donors (Lipinski definition) is 0. The van der Waals surface area contributed by atoms with Crippen LogP contribution in [0.3, 0.4) is 0 Å². The van der Waals surface area contributed by atoms with E-state index in [0.717, 1.165) is 11.3 Å². The Balaban J connectivity index is 1.54. The maximum absolute atomic E-state index is 13.3. The lowest BCUT2D eigenvalue weighted by molar-refractivity contribution is -0.123. The molecule has 2 fully saturated rings. The van der Waals surface area contributed by atoms with E-state index in [-0.39, 0.29) is 22.5 Å². The number of carbonyl (C=O) groups excluding carboxylic acids is 2. The number of anilines is 2. The molecule has 0 N–H and O–H groups in total. The summed E-state index contributed by atoms with van der Waals surface area (Å²) in [7, 11) is -1.94. The van der Waals surface area contributed by atoms with Crippen LogP contribution in [-0.4, -0.2) is 63.6 Å². The number of thioether (sulfide) groups is 1. The molecule has 162 valence electrons. The second-order valence-electron chi connectivity index (χ2n) is 7.55. The van der Waals surface area contributed by atoms with E-state index in [2.05, 4.69) is 0 Å². The van der Waals surface area contributed by atoms with Crippen molar-refractivity contribution in [1.82, 2.24) is 4.31 Å². The first-order valence-corrected chi connectivity index (χ1v) is 12.3. The molecule has 1 atom stereocenters. The van der Waals surface area contributed by atoms with E-state index in [9.17, 15) is 18.0 Å². The number of para-hydroxylation sites is 1. The minimum atomic E-state index is -3.64. The highest BCUT2D eigenvalue weighted by Crippen LogP contribution is 2.55. The van der Waals surface area contributed by atoms with Crippen LogP contribution in [0.25, 0.3) is 0 Å². The van der Waals surface area contributed by atoms with Gasteiger partial charge in [-0.05, 0) is 30.3 Å². The number of morpholine rings is 1. The predicted octanol–water partition coefficient (Wildman–Crippen LogP) is 1.62. The molecule has 0 aliphatic carbocycles. The summed E-state index contributed by atoms with van der Waals surface area (Å²) in [6.07, 6.45) is 0. The van der Waals surface area contributed by atoms with E-state index in [4.69, 9.17) is 4.74 Å². The van der Waals surface area contributed by atoms with E-state index < -0.39 is 14.9 Å². The Labute approximate surface area is 184 Å². The van der Waals surface area contributed by atoms with Gasteiger partial charge in [-0.25, -0.2) is 8.42 Å². The van der Waals surface area contributed by atoms with Crippen LogP contribution in [0, 0.1) is 0 Å². The van der Waals surface area contributed by atoms with Gasteiger partial charge in [-0.15, -0.1) is 11.8 Å². The molecule has 3 aliphatic rings. The van der Waals surface area contributed by atoms with Gasteiger partial charge in [0.05, 0.1) is 29.5 Å². The number of carbonyl (C=O) groups is 2. The zero-order valence-corrected chi connectivity index (χ0v) is 18.5. The monoisotopic (exact) mass is 459 g/mol. The third-order valence-electron chi connectivity index (χ3n) is 5.90. The lowest BCUT2D eigenvalue weighted by Crippen LogP contribution is -2.49. The molecular formula is C21H21N3O5S2. The molecular weight excluding hydrogens is 438 g/mol. The molecule has 2 aromatic carbocycles. The molecule has 0 radical (unpaired) electrons. The average molecular weight is 460 g/mol. The number of sulfonamides is 1. The Kier molecular flexibility index (Phi) is 4.85. The Morgan fingerprint density at radius 3 is 2.39 bits per heavy atom. The molecule has 1 unspecified atom stereocenters. The Hall–Kier alpha value is -2.40. The Bertz CT molecular complexity index is 1160. The van der Waals surface area contributed by atoms with Crippen LogP contribution >= 0.6 is 11.8 Å². The molecule has 8 nitrogen and oxygen atoms in total. The lowest BCUT2D eigenvalue weighted by atomic mass is 10.0. The van der Waals surface area contributed by atoms with Crippen LogP contribution < -0.4 is 9.80 Å².